The third-order valence-electron chi connectivity index (χ3n) is 4.47. The molecule has 0 radical (unpaired) electrons. The van der Waals surface area contributed by atoms with Gasteiger partial charge < -0.3 is 15.5 Å². The number of anilines is 4. The predicted octanol–water partition coefficient (Wildman–Crippen LogP) is 5.20. The van der Waals surface area contributed by atoms with Crippen LogP contribution in [0.4, 0.5) is 31.7 Å². The van der Waals surface area contributed by atoms with Gasteiger partial charge in [0.25, 0.3) is 5.91 Å². The van der Waals surface area contributed by atoms with Crippen molar-refractivity contribution in [3.8, 4) is 0 Å². The molecule has 1 aromatic heterocycles. The number of aromatic nitrogens is 1. The first-order valence-electron chi connectivity index (χ1n) is 9.34. The lowest BCUT2D eigenvalue weighted by atomic mass is 10.2. The summed E-state index contributed by atoms with van der Waals surface area (Å²) in [7, 11) is 0. The summed E-state index contributed by atoms with van der Waals surface area (Å²) in [6.07, 6.45) is 1.39. The van der Waals surface area contributed by atoms with E-state index < -0.39 is 11.6 Å². The van der Waals surface area contributed by atoms with Gasteiger partial charge in [0.05, 0.1) is 11.3 Å². The molecule has 2 N–H and O–H groups in total. The number of benzene rings is 2. The topological polar surface area (TPSA) is 57.3 Å². The van der Waals surface area contributed by atoms with Gasteiger partial charge in [0.2, 0.25) is 0 Å². The van der Waals surface area contributed by atoms with Crippen LogP contribution >= 0.6 is 0 Å². The number of carbonyl (C=O) groups is 1. The van der Waals surface area contributed by atoms with Crippen molar-refractivity contribution in [2.45, 2.75) is 13.8 Å². The van der Waals surface area contributed by atoms with Gasteiger partial charge in [-0.1, -0.05) is 0 Å². The Hall–Kier alpha value is -3.48. The fraction of sp³-hybridized carbons (Fsp3) is 0.182. The van der Waals surface area contributed by atoms with Crippen molar-refractivity contribution < 1.29 is 13.6 Å². The summed E-state index contributed by atoms with van der Waals surface area (Å²) in [5.41, 5.74) is 2.24. The molecule has 3 aromatic rings. The maximum Gasteiger partial charge on any atom is 0.257 e. The molecule has 5 nitrogen and oxygen atoms in total. The molecule has 0 aliphatic heterocycles. The quantitative estimate of drug-likeness (QED) is 0.576. The summed E-state index contributed by atoms with van der Waals surface area (Å²) in [5.74, 6) is -1.33. The fourth-order valence-corrected chi connectivity index (χ4v) is 2.88. The molecule has 0 fully saturated rings. The molecule has 0 saturated heterocycles. The van der Waals surface area contributed by atoms with Gasteiger partial charge in [-0.2, -0.15) is 0 Å². The van der Waals surface area contributed by atoms with Crippen LogP contribution in [0.1, 0.15) is 24.2 Å². The van der Waals surface area contributed by atoms with Gasteiger partial charge in [-0.3, -0.25) is 4.79 Å². The lowest BCUT2D eigenvalue weighted by molar-refractivity contribution is 0.102. The molecule has 29 heavy (non-hydrogen) atoms. The second kappa shape index (κ2) is 9.14. The number of hydrogen-bond donors (Lipinski definition) is 2. The van der Waals surface area contributed by atoms with Gasteiger partial charge in [0.15, 0.2) is 0 Å². The van der Waals surface area contributed by atoms with Crippen LogP contribution in [0.2, 0.25) is 0 Å². The maximum absolute atomic E-state index is 13.7. The van der Waals surface area contributed by atoms with Crippen molar-refractivity contribution >= 4 is 28.8 Å². The smallest absolute Gasteiger partial charge is 0.257 e. The molecular weight excluding hydrogens is 374 g/mol. The molecule has 1 amide bonds. The van der Waals surface area contributed by atoms with E-state index in [0.717, 1.165) is 30.9 Å². The number of rotatable bonds is 7. The van der Waals surface area contributed by atoms with Crippen molar-refractivity contribution in [3.63, 3.8) is 0 Å². The van der Waals surface area contributed by atoms with Gasteiger partial charge in [0.1, 0.15) is 17.5 Å². The van der Waals surface area contributed by atoms with Crippen LogP contribution in [0.25, 0.3) is 0 Å². The zero-order valence-electron chi connectivity index (χ0n) is 16.2. The minimum Gasteiger partial charge on any atom is -0.372 e. The Balaban J connectivity index is 1.64. The Bertz CT molecular complexity index is 971. The Morgan fingerprint density at radius 3 is 2.31 bits per heavy atom. The van der Waals surface area contributed by atoms with Crippen molar-refractivity contribution in [1.29, 1.82) is 0 Å². The molecule has 0 atom stereocenters. The largest absolute Gasteiger partial charge is 0.372 e. The van der Waals surface area contributed by atoms with Gasteiger partial charge in [-0.05, 0) is 62.4 Å². The van der Waals surface area contributed by atoms with Gasteiger partial charge >= 0.3 is 0 Å². The molecule has 0 aliphatic carbocycles. The fourth-order valence-electron chi connectivity index (χ4n) is 2.88. The van der Waals surface area contributed by atoms with E-state index in [4.69, 9.17) is 0 Å². The molecule has 7 heteroatoms. The van der Waals surface area contributed by atoms with Crippen molar-refractivity contribution in [3.05, 3.63) is 78.0 Å². The highest BCUT2D eigenvalue weighted by molar-refractivity contribution is 6.04. The van der Waals surface area contributed by atoms with Crippen LogP contribution in [0.3, 0.4) is 0 Å². The number of halogens is 2. The van der Waals surface area contributed by atoms with Crippen LogP contribution < -0.4 is 15.5 Å². The van der Waals surface area contributed by atoms with E-state index in [2.05, 4.69) is 34.4 Å². The summed E-state index contributed by atoms with van der Waals surface area (Å²) in [4.78, 5) is 18.8. The highest BCUT2D eigenvalue weighted by atomic mass is 19.1. The number of pyridine rings is 1. The van der Waals surface area contributed by atoms with Crippen LogP contribution in [0, 0.1) is 11.6 Å². The summed E-state index contributed by atoms with van der Waals surface area (Å²) in [6, 6.07) is 14.0. The van der Waals surface area contributed by atoms with Crippen LogP contribution in [-0.2, 0) is 0 Å². The normalized spacial score (nSPS) is 10.5. The molecule has 0 bridgehead atoms. The van der Waals surface area contributed by atoms with Crippen LogP contribution in [-0.4, -0.2) is 24.0 Å². The third kappa shape index (κ3) is 5.07. The van der Waals surface area contributed by atoms with Crippen molar-refractivity contribution in [2.75, 3.05) is 28.6 Å². The third-order valence-corrected chi connectivity index (χ3v) is 4.47. The monoisotopic (exact) mass is 396 g/mol. The van der Waals surface area contributed by atoms with Gasteiger partial charge in [-0.25, -0.2) is 13.8 Å². The maximum atomic E-state index is 13.7. The molecule has 150 valence electrons. The molecule has 2 aromatic carbocycles. The Labute approximate surface area is 168 Å². The summed E-state index contributed by atoms with van der Waals surface area (Å²) < 4.78 is 26.7. The molecular formula is C22H22F2N4O. The molecule has 0 unspecified atom stereocenters. The zero-order valence-corrected chi connectivity index (χ0v) is 16.2. The minimum atomic E-state index is -0.721. The van der Waals surface area contributed by atoms with E-state index in [1.54, 1.807) is 12.1 Å². The number of hydrogen-bond acceptors (Lipinski definition) is 4. The highest BCUT2D eigenvalue weighted by Crippen LogP contribution is 2.21. The molecule has 0 aliphatic rings. The second-order valence-corrected chi connectivity index (χ2v) is 6.35. The lowest BCUT2D eigenvalue weighted by Crippen LogP contribution is -2.21. The van der Waals surface area contributed by atoms with Gasteiger partial charge in [0, 0.05) is 36.7 Å². The van der Waals surface area contributed by atoms with E-state index in [1.807, 2.05) is 24.3 Å². The van der Waals surface area contributed by atoms with Crippen LogP contribution in [0.5, 0.6) is 0 Å². The number of nitrogens with one attached hydrogen (secondary N) is 2. The first kappa shape index (κ1) is 20.3. The molecule has 3 rings (SSSR count). The zero-order chi connectivity index (χ0) is 20.8. The first-order chi connectivity index (χ1) is 14.0. The molecule has 0 saturated carbocycles. The van der Waals surface area contributed by atoms with Crippen LogP contribution in [0.15, 0.2) is 60.8 Å². The van der Waals surface area contributed by atoms with E-state index in [9.17, 15) is 13.6 Å². The Morgan fingerprint density at radius 2 is 1.72 bits per heavy atom. The van der Waals surface area contributed by atoms with Gasteiger partial charge in [-0.15, -0.1) is 0 Å². The number of amides is 1. The summed E-state index contributed by atoms with van der Waals surface area (Å²) in [5, 5.41) is 5.58. The standard InChI is InChI=1S/C22H22F2N4O/c1-3-28(4-2)18-9-7-17(8-10-18)26-22(29)15-5-12-21(25-14-15)27-20-11-6-16(23)13-19(20)24/h5-14H,3-4H2,1-2H3,(H,25,27)(H,26,29). The summed E-state index contributed by atoms with van der Waals surface area (Å²) in [6.45, 7) is 6.01. The molecule has 1 heterocycles. The Kier molecular flexibility index (Phi) is 6.39. The minimum absolute atomic E-state index is 0.101. The van der Waals surface area contributed by atoms with E-state index in [0.29, 0.717) is 17.1 Å². The average Bonchev–Trinajstić information content (AvgIpc) is 2.73. The first-order valence-corrected chi connectivity index (χ1v) is 9.34. The Morgan fingerprint density at radius 1 is 1.00 bits per heavy atom. The highest BCUT2D eigenvalue weighted by Gasteiger charge is 2.09. The van der Waals surface area contributed by atoms with E-state index >= 15 is 0 Å². The number of nitrogens with zero attached hydrogens (tertiary/aromatic N) is 2. The SMILES string of the molecule is CCN(CC)c1ccc(NC(=O)c2ccc(Nc3ccc(F)cc3F)nc2)cc1. The second-order valence-electron chi connectivity index (χ2n) is 6.35. The number of carbonyl (C=O) groups excluding carboxylic acids is 1. The summed E-state index contributed by atoms with van der Waals surface area (Å²) >= 11 is 0. The van der Waals surface area contributed by atoms with Crippen molar-refractivity contribution in [1.82, 2.24) is 4.98 Å². The van der Waals surface area contributed by atoms with E-state index in [1.165, 1.54) is 12.3 Å². The van der Waals surface area contributed by atoms with E-state index in [-0.39, 0.29) is 11.6 Å². The average molecular weight is 396 g/mol. The predicted molar refractivity (Wildman–Crippen MR) is 112 cm³/mol. The lowest BCUT2D eigenvalue weighted by Gasteiger charge is -2.21. The van der Waals surface area contributed by atoms with Crippen molar-refractivity contribution in [2.24, 2.45) is 0 Å². The molecule has 0 spiro atoms.